The van der Waals surface area contributed by atoms with E-state index in [1.165, 1.54) is 26.0 Å². The number of carboxylic acids is 2. The molecule has 0 aromatic heterocycles. The second kappa shape index (κ2) is 8.98. The first-order valence-electron chi connectivity index (χ1n) is 7.98. The van der Waals surface area contributed by atoms with Gasteiger partial charge in [0.05, 0.1) is 11.1 Å². The number of carbonyl (C=O) groups is 4. The zero-order valence-corrected chi connectivity index (χ0v) is 15.1. The first kappa shape index (κ1) is 21.1. The predicted octanol–water partition coefficient (Wildman–Crippen LogP) is 2.07. The van der Waals surface area contributed by atoms with Gasteiger partial charge < -0.3 is 19.7 Å². The molecule has 0 radical (unpaired) electrons. The topological polar surface area (TPSA) is 127 Å². The van der Waals surface area contributed by atoms with Crippen LogP contribution in [0, 0.1) is 0 Å². The molecular formula is C18H22O8. The summed E-state index contributed by atoms with van der Waals surface area (Å²) in [4.78, 5) is 45.4. The number of ether oxygens (including phenoxy) is 2. The molecule has 142 valence electrons. The number of benzene rings is 1. The van der Waals surface area contributed by atoms with Crippen molar-refractivity contribution in [2.45, 2.75) is 52.7 Å². The Bertz CT molecular complexity index is 661. The summed E-state index contributed by atoms with van der Waals surface area (Å²) >= 11 is 0. The van der Waals surface area contributed by atoms with E-state index in [1.807, 2.05) is 0 Å². The molecule has 0 saturated carbocycles. The minimum atomic E-state index is -1.23. The van der Waals surface area contributed by atoms with Gasteiger partial charge in [-0.3, -0.25) is 9.59 Å². The quantitative estimate of drug-likeness (QED) is 0.669. The molecule has 2 N–H and O–H groups in total. The number of carboxylic acid groups (broad SMARTS) is 2. The van der Waals surface area contributed by atoms with E-state index in [1.54, 1.807) is 13.8 Å². The van der Waals surface area contributed by atoms with Crippen molar-refractivity contribution in [3.05, 3.63) is 34.4 Å². The number of esters is 2. The largest absolute Gasteiger partial charge is 0.478 e. The van der Waals surface area contributed by atoms with Crippen LogP contribution in [0.3, 0.4) is 0 Å². The number of aromatic carboxylic acids is 2. The maximum Gasteiger partial charge on any atom is 0.335 e. The van der Waals surface area contributed by atoms with Gasteiger partial charge in [0.1, 0.15) is 12.2 Å². The fourth-order valence-corrected chi connectivity index (χ4v) is 2.78. The molecule has 0 fully saturated rings. The van der Waals surface area contributed by atoms with Gasteiger partial charge in [0.15, 0.2) is 0 Å². The van der Waals surface area contributed by atoms with E-state index in [-0.39, 0.29) is 35.1 Å². The maximum absolute atomic E-state index is 11.6. The third-order valence-corrected chi connectivity index (χ3v) is 3.61. The Balaban J connectivity index is 3.44. The van der Waals surface area contributed by atoms with Crippen molar-refractivity contribution in [1.82, 2.24) is 0 Å². The SMILES string of the molecule is CC(=O)OC(C)Cc1c(C(=O)O)ccc(C(=O)O)c1C[C@H](C)OC(C)=O. The standard InChI is InChI=1S/C18H22O8/c1-9(25-11(3)19)7-15-13(17(21)22)5-6-14(18(23)24)16(15)8-10(2)26-12(4)20/h5-6,9-10H,7-8H2,1-4H3,(H,21,22)(H,23,24)/t9-,10?/m0/s1. The minimum Gasteiger partial charge on any atom is -0.478 e. The molecule has 0 aliphatic heterocycles. The first-order chi connectivity index (χ1) is 12.0. The Morgan fingerprint density at radius 1 is 0.808 bits per heavy atom. The molecule has 0 saturated heterocycles. The summed E-state index contributed by atoms with van der Waals surface area (Å²) in [6.45, 7) is 5.62. The molecule has 0 aliphatic rings. The lowest BCUT2D eigenvalue weighted by molar-refractivity contribution is -0.146. The van der Waals surface area contributed by atoms with E-state index in [9.17, 15) is 29.4 Å². The lowest BCUT2D eigenvalue weighted by Crippen LogP contribution is -2.23. The molecule has 1 rings (SSSR count). The number of hydrogen-bond acceptors (Lipinski definition) is 6. The van der Waals surface area contributed by atoms with Crippen LogP contribution in [-0.2, 0) is 31.9 Å². The average Bonchev–Trinajstić information content (AvgIpc) is 2.46. The Morgan fingerprint density at radius 3 is 1.35 bits per heavy atom. The Labute approximate surface area is 150 Å². The fourth-order valence-electron chi connectivity index (χ4n) is 2.78. The summed E-state index contributed by atoms with van der Waals surface area (Å²) in [5.74, 6) is -3.51. The highest BCUT2D eigenvalue weighted by molar-refractivity contribution is 5.95. The van der Waals surface area contributed by atoms with Crippen molar-refractivity contribution >= 4 is 23.9 Å². The van der Waals surface area contributed by atoms with Gasteiger partial charge in [0.2, 0.25) is 0 Å². The van der Waals surface area contributed by atoms with Crippen LogP contribution in [0.5, 0.6) is 0 Å². The number of rotatable bonds is 8. The van der Waals surface area contributed by atoms with Crippen molar-refractivity contribution in [1.29, 1.82) is 0 Å². The highest BCUT2D eigenvalue weighted by Gasteiger charge is 2.24. The molecule has 0 spiro atoms. The number of hydrogen-bond donors (Lipinski definition) is 2. The van der Waals surface area contributed by atoms with E-state index >= 15 is 0 Å². The third kappa shape index (κ3) is 5.87. The van der Waals surface area contributed by atoms with Gasteiger partial charge in [-0.15, -0.1) is 0 Å². The van der Waals surface area contributed by atoms with E-state index in [4.69, 9.17) is 9.47 Å². The van der Waals surface area contributed by atoms with E-state index in [0.717, 1.165) is 0 Å². The molecule has 0 heterocycles. The zero-order valence-electron chi connectivity index (χ0n) is 15.1. The van der Waals surface area contributed by atoms with Crippen molar-refractivity contribution in [2.75, 3.05) is 0 Å². The van der Waals surface area contributed by atoms with Crippen molar-refractivity contribution in [3.8, 4) is 0 Å². The van der Waals surface area contributed by atoms with E-state index in [0.29, 0.717) is 0 Å². The highest BCUT2D eigenvalue weighted by atomic mass is 16.5. The normalized spacial score (nSPS) is 12.8. The summed E-state index contributed by atoms with van der Waals surface area (Å²) in [5.41, 5.74) is 0.313. The van der Waals surface area contributed by atoms with Crippen LogP contribution in [0.1, 0.15) is 59.5 Å². The fraction of sp³-hybridized carbons (Fsp3) is 0.444. The van der Waals surface area contributed by atoms with E-state index < -0.39 is 36.1 Å². The van der Waals surface area contributed by atoms with Crippen LogP contribution in [0.15, 0.2) is 12.1 Å². The van der Waals surface area contributed by atoms with Crippen LogP contribution in [0.25, 0.3) is 0 Å². The second-order valence-corrected chi connectivity index (χ2v) is 5.98. The van der Waals surface area contributed by atoms with Gasteiger partial charge >= 0.3 is 23.9 Å². The third-order valence-electron chi connectivity index (χ3n) is 3.61. The summed E-state index contributed by atoms with van der Waals surface area (Å²) in [6, 6.07) is 2.42. The van der Waals surface area contributed by atoms with Gasteiger partial charge in [0.25, 0.3) is 0 Å². The summed E-state index contributed by atoms with van der Waals surface area (Å²) in [6.07, 6.45) is -1.27. The summed E-state index contributed by atoms with van der Waals surface area (Å²) in [7, 11) is 0. The Hall–Kier alpha value is -2.90. The lowest BCUT2D eigenvalue weighted by Gasteiger charge is -2.21. The molecule has 1 aromatic rings. The maximum atomic E-state index is 11.6. The Kier molecular flexibility index (Phi) is 7.30. The van der Waals surface area contributed by atoms with Gasteiger partial charge in [-0.05, 0) is 37.1 Å². The van der Waals surface area contributed by atoms with Crippen LogP contribution in [0.2, 0.25) is 0 Å². The summed E-state index contributed by atoms with van der Waals surface area (Å²) < 4.78 is 10.1. The van der Waals surface area contributed by atoms with Gasteiger partial charge in [0, 0.05) is 26.7 Å². The lowest BCUT2D eigenvalue weighted by atomic mass is 9.89. The Morgan fingerprint density at radius 2 is 1.12 bits per heavy atom. The van der Waals surface area contributed by atoms with Crippen molar-refractivity contribution in [2.24, 2.45) is 0 Å². The molecule has 0 aliphatic carbocycles. The molecule has 0 bridgehead atoms. The summed E-state index contributed by atoms with van der Waals surface area (Å²) in [5, 5.41) is 18.9. The first-order valence-corrected chi connectivity index (χ1v) is 7.98. The second-order valence-electron chi connectivity index (χ2n) is 5.98. The van der Waals surface area contributed by atoms with E-state index in [2.05, 4.69) is 0 Å². The molecule has 1 unspecified atom stereocenters. The number of carbonyl (C=O) groups excluding carboxylic acids is 2. The molecule has 2 atom stereocenters. The van der Waals surface area contributed by atoms with Gasteiger partial charge in [-0.1, -0.05) is 0 Å². The molecule has 8 heteroatoms. The molecule has 0 amide bonds. The predicted molar refractivity (Wildman–Crippen MR) is 90.2 cm³/mol. The highest BCUT2D eigenvalue weighted by Crippen LogP contribution is 2.25. The molecule has 1 aromatic carbocycles. The molecule has 8 nitrogen and oxygen atoms in total. The average molecular weight is 366 g/mol. The minimum absolute atomic E-state index is 0.0183. The molecular weight excluding hydrogens is 344 g/mol. The van der Waals surface area contributed by atoms with Crippen LogP contribution in [0.4, 0.5) is 0 Å². The van der Waals surface area contributed by atoms with Crippen LogP contribution < -0.4 is 0 Å². The zero-order chi connectivity index (χ0) is 20.0. The van der Waals surface area contributed by atoms with Crippen LogP contribution >= 0.6 is 0 Å². The van der Waals surface area contributed by atoms with Crippen molar-refractivity contribution < 1.29 is 38.9 Å². The van der Waals surface area contributed by atoms with Crippen LogP contribution in [-0.4, -0.2) is 46.3 Å². The van der Waals surface area contributed by atoms with Gasteiger partial charge in [-0.2, -0.15) is 0 Å². The van der Waals surface area contributed by atoms with Crippen molar-refractivity contribution in [3.63, 3.8) is 0 Å². The molecule has 26 heavy (non-hydrogen) atoms. The smallest absolute Gasteiger partial charge is 0.335 e. The monoisotopic (exact) mass is 366 g/mol. The van der Waals surface area contributed by atoms with Gasteiger partial charge in [-0.25, -0.2) is 9.59 Å².